The van der Waals surface area contributed by atoms with Crippen LogP contribution in [0.1, 0.15) is 30.3 Å². The van der Waals surface area contributed by atoms with Crippen molar-refractivity contribution in [3.63, 3.8) is 0 Å². The highest BCUT2D eigenvalue weighted by atomic mass is 32.1. The van der Waals surface area contributed by atoms with E-state index in [2.05, 4.69) is 64.5 Å². The first kappa shape index (κ1) is 26.1. The van der Waals surface area contributed by atoms with E-state index in [1.165, 1.54) is 10.5 Å². The summed E-state index contributed by atoms with van der Waals surface area (Å²) in [5, 5.41) is 7.72. The maximum Gasteiger partial charge on any atom is 0.318 e. The number of hydrogen-bond donors (Lipinski definition) is 2. The van der Waals surface area contributed by atoms with Crippen molar-refractivity contribution in [1.82, 2.24) is 25.1 Å². The highest BCUT2D eigenvalue weighted by Crippen LogP contribution is 2.39. The van der Waals surface area contributed by atoms with Gasteiger partial charge in [-0.2, -0.15) is 13.5 Å². The van der Waals surface area contributed by atoms with Gasteiger partial charge < -0.3 is 20.4 Å². The van der Waals surface area contributed by atoms with Crippen LogP contribution in [0.25, 0.3) is 10.2 Å². The Bertz CT molecular complexity index is 1330. The molecule has 2 aromatic heterocycles. The van der Waals surface area contributed by atoms with Gasteiger partial charge in [-0.1, -0.05) is 30.3 Å². The van der Waals surface area contributed by atoms with Gasteiger partial charge in [-0.25, -0.2) is 14.8 Å². The number of aliphatic imine (C=N–C) groups is 1. The van der Waals surface area contributed by atoms with Crippen LogP contribution in [-0.2, 0) is 0 Å². The van der Waals surface area contributed by atoms with Crippen molar-refractivity contribution < 1.29 is 4.79 Å². The summed E-state index contributed by atoms with van der Waals surface area (Å²) in [6.07, 6.45) is 1.58. The van der Waals surface area contributed by atoms with Crippen LogP contribution in [0, 0.1) is 6.92 Å². The topological polar surface area (TPSA) is 85.8 Å². The lowest BCUT2D eigenvalue weighted by Crippen LogP contribution is -2.52. The van der Waals surface area contributed by atoms with Gasteiger partial charge in [-0.3, -0.25) is 4.99 Å². The zero-order chi connectivity index (χ0) is 24.7. The number of aryl methyl sites for hydroxylation is 1. The second kappa shape index (κ2) is 10.2. The van der Waals surface area contributed by atoms with Crippen LogP contribution in [0.3, 0.4) is 0 Å². The Morgan fingerprint density at radius 1 is 1.22 bits per heavy atom. The lowest BCUT2D eigenvalue weighted by Gasteiger charge is -2.36. The van der Waals surface area contributed by atoms with Crippen LogP contribution in [0.4, 0.5) is 10.6 Å². The Kier molecular flexibility index (Phi) is 7.40. The van der Waals surface area contributed by atoms with E-state index < -0.39 is 5.54 Å². The Morgan fingerprint density at radius 3 is 2.69 bits per heavy atom. The number of likely N-dealkylation sites (N-methyl/N-ethyl adjacent to an activating group) is 1. The standard InChI is InChI=1S/C26H31N7OS.H2S/c1-16-11-18-22(28-15-29-24(18)35-16)31-23-19-13-33(26(2,3)20(19)12-27-23)25(34)30-21(14-32(4)5)17-9-7-6-8-10-17;/h6-11,15,21H,12-14H2,1-5H3,(H,30,34)(H,27,28,29,31);1H2/t21-;/m1./s1. The normalized spacial score (nSPS) is 17.2. The third kappa shape index (κ3) is 4.85. The molecule has 0 aliphatic carbocycles. The first-order valence-corrected chi connectivity index (χ1v) is 12.6. The summed E-state index contributed by atoms with van der Waals surface area (Å²) in [5.41, 5.74) is 2.90. The number of nitrogens with zero attached hydrogens (tertiary/aromatic N) is 5. The number of fused-ring (bicyclic) bond motifs is 1. The SMILES string of the molecule is Cc1cc2c(NC3=NCC4=C3CN(C(=O)N[C@H](CN(C)C)c3ccccc3)C4(C)C)ncnc2s1.S. The molecule has 0 saturated heterocycles. The number of carbonyl (C=O) groups excluding carboxylic acids is 1. The van der Waals surface area contributed by atoms with Gasteiger partial charge in [0.25, 0.3) is 0 Å². The molecule has 0 bridgehead atoms. The molecule has 8 nitrogen and oxygen atoms in total. The average Bonchev–Trinajstić information content (AvgIpc) is 3.47. The van der Waals surface area contributed by atoms with Crippen molar-refractivity contribution in [3.05, 3.63) is 64.3 Å². The second-order valence-electron chi connectivity index (χ2n) is 9.87. The van der Waals surface area contributed by atoms with Gasteiger partial charge in [0.2, 0.25) is 0 Å². The van der Waals surface area contributed by atoms with E-state index in [-0.39, 0.29) is 25.6 Å². The first-order valence-electron chi connectivity index (χ1n) is 11.8. The number of rotatable bonds is 5. The van der Waals surface area contributed by atoms with Gasteiger partial charge in [0.1, 0.15) is 22.8 Å². The molecule has 190 valence electrons. The molecule has 10 heteroatoms. The predicted molar refractivity (Wildman–Crippen MR) is 153 cm³/mol. The molecule has 4 heterocycles. The van der Waals surface area contributed by atoms with Crippen molar-refractivity contribution >= 4 is 52.7 Å². The minimum atomic E-state index is -0.439. The zero-order valence-electron chi connectivity index (χ0n) is 21.3. The van der Waals surface area contributed by atoms with Crippen molar-refractivity contribution in [3.8, 4) is 0 Å². The van der Waals surface area contributed by atoms with Crippen LogP contribution in [-0.4, -0.2) is 70.9 Å². The summed E-state index contributed by atoms with van der Waals surface area (Å²) in [6, 6.07) is 12.0. The number of benzene rings is 1. The summed E-state index contributed by atoms with van der Waals surface area (Å²) >= 11 is 1.65. The highest BCUT2D eigenvalue weighted by molar-refractivity contribution is 7.59. The smallest absolute Gasteiger partial charge is 0.318 e. The molecule has 36 heavy (non-hydrogen) atoms. The van der Waals surface area contributed by atoms with Crippen LogP contribution >= 0.6 is 24.8 Å². The van der Waals surface area contributed by atoms with Gasteiger partial charge in [-0.15, -0.1) is 11.3 Å². The van der Waals surface area contributed by atoms with E-state index in [0.29, 0.717) is 13.1 Å². The summed E-state index contributed by atoms with van der Waals surface area (Å²) in [6.45, 7) is 8.06. The van der Waals surface area contributed by atoms with E-state index in [9.17, 15) is 4.79 Å². The minimum Gasteiger partial charge on any atom is -0.330 e. The molecular weight excluding hydrogens is 490 g/mol. The molecule has 1 aromatic carbocycles. The molecule has 2 N–H and O–H groups in total. The molecule has 2 aliphatic heterocycles. The van der Waals surface area contributed by atoms with Crippen LogP contribution in [0.15, 0.2) is 58.9 Å². The molecule has 0 saturated carbocycles. The summed E-state index contributed by atoms with van der Waals surface area (Å²) in [5.74, 6) is 1.54. The molecule has 3 aromatic rings. The highest BCUT2D eigenvalue weighted by Gasteiger charge is 2.45. The number of anilines is 1. The number of urea groups is 1. The van der Waals surface area contributed by atoms with Crippen LogP contribution < -0.4 is 10.6 Å². The molecule has 2 amide bonds. The lowest BCUT2D eigenvalue weighted by molar-refractivity contribution is 0.165. The summed E-state index contributed by atoms with van der Waals surface area (Å²) in [7, 11) is 4.04. The van der Waals surface area contributed by atoms with Gasteiger partial charge in [-0.05, 0) is 52.1 Å². The Labute approximate surface area is 223 Å². The van der Waals surface area contributed by atoms with E-state index in [1.54, 1.807) is 17.7 Å². The number of carbonyl (C=O) groups is 1. The fourth-order valence-electron chi connectivity index (χ4n) is 4.88. The Hall–Kier alpha value is -2.95. The maximum atomic E-state index is 13.6. The van der Waals surface area contributed by atoms with Crippen molar-refractivity contribution in [2.75, 3.05) is 39.0 Å². The third-order valence-corrected chi connectivity index (χ3v) is 7.72. The zero-order valence-corrected chi connectivity index (χ0v) is 23.1. The average molecular weight is 524 g/mol. The lowest BCUT2D eigenvalue weighted by atomic mass is 9.94. The molecule has 0 spiro atoms. The number of thiophene rings is 1. The number of hydrogen-bond acceptors (Lipinski definition) is 7. The van der Waals surface area contributed by atoms with Gasteiger partial charge in [0.15, 0.2) is 0 Å². The van der Waals surface area contributed by atoms with E-state index in [0.717, 1.165) is 39.6 Å². The molecule has 0 unspecified atom stereocenters. The van der Waals surface area contributed by atoms with Crippen molar-refractivity contribution in [1.29, 1.82) is 0 Å². The Balaban J connectivity index is 0.00000304. The van der Waals surface area contributed by atoms with Gasteiger partial charge in [0, 0.05) is 17.0 Å². The van der Waals surface area contributed by atoms with Crippen molar-refractivity contribution in [2.24, 2.45) is 4.99 Å². The monoisotopic (exact) mass is 523 g/mol. The number of amidine groups is 1. The molecule has 5 rings (SSSR count). The predicted octanol–water partition coefficient (Wildman–Crippen LogP) is 4.34. The van der Waals surface area contributed by atoms with Crippen molar-refractivity contribution in [2.45, 2.75) is 32.4 Å². The van der Waals surface area contributed by atoms with E-state index >= 15 is 0 Å². The summed E-state index contributed by atoms with van der Waals surface area (Å²) < 4.78 is 0. The minimum absolute atomic E-state index is 0. The number of aromatic nitrogens is 2. The molecule has 2 aliphatic rings. The van der Waals surface area contributed by atoms with Crippen LogP contribution in [0.5, 0.6) is 0 Å². The Morgan fingerprint density at radius 2 is 1.97 bits per heavy atom. The quantitative estimate of drug-likeness (QED) is 0.520. The summed E-state index contributed by atoms with van der Waals surface area (Å²) in [4.78, 5) is 33.4. The number of nitrogens with one attached hydrogen (secondary N) is 2. The largest absolute Gasteiger partial charge is 0.330 e. The van der Waals surface area contributed by atoms with Gasteiger partial charge >= 0.3 is 6.03 Å². The molecule has 0 radical (unpaired) electrons. The fourth-order valence-corrected chi connectivity index (χ4v) is 5.73. The van der Waals surface area contributed by atoms with E-state index in [4.69, 9.17) is 4.99 Å². The second-order valence-corrected chi connectivity index (χ2v) is 11.1. The van der Waals surface area contributed by atoms with E-state index in [1.807, 2.05) is 37.2 Å². The first-order chi connectivity index (χ1) is 16.7. The molecule has 0 fully saturated rings. The molecular formula is C26H33N7OS2. The molecule has 1 atom stereocenters. The fraction of sp³-hybridized carbons (Fsp3) is 0.385. The van der Waals surface area contributed by atoms with Gasteiger partial charge in [0.05, 0.1) is 30.1 Å². The third-order valence-electron chi connectivity index (χ3n) is 6.76. The maximum absolute atomic E-state index is 13.6. The number of amides is 2. The van der Waals surface area contributed by atoms with Crippen LogP contribution in [0.2, 0.25) is 0 Å².